The van der Waals surface area contributed by atoms with Gasteiger partial charge in [0.1, 0.15) is 11.5 Å². The van der Waals surface area contributed by atoms with Crippen LogP contribution in [0.3, 0.4) is 0 Å². The molecule has 0 bridgehead atoms. The first kappa shape index (κ1) is 15.2. The highest BCUT2D eigenvalue weighted by atomic mass is 16.5. The van der Waals surface area contributed by atoms with Gasteiger partial charge < -0.3 is 9.63 Å². The first-order valence-electron chi connectivity index (χ1n) is 7.35. The molecule has 0 saturated heterocycles. The zero-order valence-corrected chi connectivity index (χ0v) is 13.4. The summed E-state index contributed by atoms with van der Waals surface area (Å²) in [4.78, 5) is 2.06. The Morgan fingerprint density at radius 3 is 2.57 bits per heavy atom. The number of aromatic nitrogens is 4. The Bertz CT molecular complexity index is 775. The highest BCUT2D eigenvalue weighted by Crippen LogP contribution is 2.21. The van der Waals surface area contributed by atoms with Crippen LogP contribution in [0.4, 0.5) is 0 Å². The van der Waals surface area contributed by atoms with Gasteiger partial charge in [0.2, 0.25) is 0 Å². The Kier molecular flexibility index (Phi) is 4.12. The van der Waals surface area contributed by atoms with Gasteiger partial charge in [0.25, 0.3) is 5.88 Å². The number of rotatable bonds is 5. The van der Waals surface area contributed by atoms with Crippen molar-refractivity contribution in [2.24, 2.45) is 0 Å². The van der Waals surface area contributed by atoms with E-state index >= 15 is 0 Å². The minimum atomic E-state index is -0.0561. The first-order chi connectivity index (χ1) is 11.1. The average Bonchev–Trinajstić information content (AvgIpc) is 3.06. The SMILES string of the molecule is Cc1noc(C)c1CN(C)Cc1c(O)nnn1-c1ccccc1. The molecular formula is C16H19N5O2. The lowest BCUT2D eigenvalue weighted by Gasteiger charge is -2.17. The largest absolute Gasteiger partial charge is 0.491 e. The fraction of sp³-hybridized carbons (Fsp3) is 0.312. The van der Waals surface area contributed by atoms with Crippen molar-refractivity contribution in [3.8, 4) is 11.6 Å². The Labute approximate surface area is 134 Å². The third-order valence-electron chi connectivity index (χ3n) is 3.77. The van der Waals surface area contributed by atoms with Crippen LogP contribution in [0.25, 0.3) is 5.69 Å². The molecule has 0 saturated carbocycles. The van der Waals surface area contributed by atoms with Crippen LogP contribution in [0, 0.1) is 13.8 Å². The summed E-state index contributed by atoms with van der Waals surface area (Å²) in [5, 5.41) is 21.8. The van der Waals surface area contributed by atoms with Crippen molar-refractivity contribution >= 4 is 0 Å². The van der Waals surface area contributed by atoms with E-state index in [-0.39, 0.29) is 5.88 Å². The molecule has 7 nitrogen and oxygen atoms in total. The predicted molar refractivity (Wildman–Crippen MR) is 84.2 cm³/mol. The molecule has 0 fully saturated rings. The molecule has 23 heavy (non-hydrogen) atoms. The standard InChI is InChI=1S/C16H19N5O2/c1-11-14(12(2)23-18-11)9-20(3)10-15-16(22)17-19-21(15)13-7-5-4-6-8-13/h4-8,22H,9-10H2,1-3H3. The molecule has 0 aliphatic rings. The van der Waals surface area contributed by atoms with Crippen molar-refractivity contribution in [3.05, 3.63) is 53.0 Å². The summed E-state index contributed by atoms with van der Waals surface area (Å²) >= 11 is 0. The molecule has 0 spiro atoms. The van der Waals surface area contributed by atoms with Gasteiger partial charge in [-0.2, -0.15) is 0 Å². The third-order valence-corrected chi connectivity index (χ3v) is 3.77. The molecule has 0 aliphatic carbocycles. The number of hydrogen-bond donors (Lipinski definition) is 1. The zero-order chi connectivity index (χ0) is 16.4. The monoisotopic (exact) mass is 313 g/mol. The Morgan fingerprint density at radius 1 is 1.17 bits per heavy atom. The van der Waals surface area contributed by atoms with E-state index in [9.17, 15) is 5.11 Å². The molecular weight excluding hydrogens is 294 g/mol. The van der Waals surface area contributed by atoms with Crippen molar-refractivity contribution in [3.63, 3.8) is 0 Å². The Balaban J connectivity index is 1.82. The minimum Gasteiger partial charge on any atom is -0.491 e. The van der Waals surface area contributed by atoms with Gasteiger partial charge in [0, 0.05) is 18.7 Å². The highest BCUT2D eigenvalue weighted by molar-refractivity contribution is 5.34. The summed E-state index contributed by atoms with van der Waals surface area (Å²) in [6.07, 6.45) is 0. The van der Waals surface area contributed by atoms with Crippen LogP contribution in [0.1, 0.15) is 22.7 Å². The normalized spacial score (nSPS) is 11.3. The number of aryl methyl sites for hydroxylation is 2. The smallest absolute Gasteiger partial charge is 0.256 e. The summed E-state index contributed by atoms with van der Waals surface area (Å²) in [5.41, 5.74) is 3.45. The fourth-order valence-electron chi connectivity index (χ4n) is 2.52. The molecule has 3 aromatic rings. The van der Waals surface area contributed by atoms with Crippen LogP contribution in [0.2, 0.25) is 0 Å². The molecule has 0 radical (unpaired) electrons. The lowest BCUT2D eigenvalue weighted by Crippen LogP contribution is -2.20. The third kappa shape index (κ3) is 3.09. The van der Waals surface area contributed by atoms with Gasteiger partial charge >= 0.3 is 0 Å². The number of nitrogens with zero attached hydrogens (tertiary/aromatic N) is 5. The van der Waals surface area contributed by atoms with E-state index in [0.29, 0.717) is 18.8 Å². The van der Waals surface area contributed by atoms with Crippen molar-refractivity contribution < 1.29 is 9.63 Å². The fourth-order valence-corrected chi connectivity index (χ4v) is 2.52. The summed E-state index contributed by atoms with van der Waals surface area (Å²) < 4.78 is 6.84. The van der Waals surface area contributed by atoms with Crippen LogP contribution in [0.15, 0.2) is 34.9 Å². The molecule has 0 aliphatic heterocycles. The van der Waals surface area contributed by atoms with Crippen LogP contribution < -0.4 is 0 Å². The van der Waals surface area contributed by atoms with Gasteiger partial charge in [-0.25, -0.2) is 4.68 Å². The summed E-state index contributed by atoms with van der Waals surface area (Å²) in [7, 11) is 1.97. The molecule has 1 N–H and O–H groups in total. The maximum absolute atomic E-state index is 10.0. The summed E-state index contributed by atoms with van der Waals surface area (Å²) in [6.45, 7) is 4.99. The molecule has 2 aromatic heterocycles. The van der Waals surface area contributed by atoms with Gasteiger partial charge in [-0.05, 0) is 33.0 Å². The average molecular weight is 313 g/mol. The predicted octanol–water partition coefficient (Wildman–Crippen LogP) is 2.21. The van der Waals surface area contributed by atoms with Gasteiger partial charge in [-0.1, -0.05) is 33.7 Å². The zero-order valence-electron chi connectivity index (χ0n) is 13.4. The summed E-state index contributed by atoms with van der Waals surface area (Å²) in [5.74, 6) is 0.757. The van der Waals surface area contributed by atoms with Gasteiger partial charge in [-0.3, -0.25) is 4.90 Å². The maximum Gasteiger partial charge on any atom is 0.256 e. The molecule has 120 valence electrons. The van der Waals surface area contributed by atoms with E-state index in [2.05, 4.69) is 20.4 Å². The number of benzene rings is 1. The maximum atomic E-state index is 10.0. The molecule has 1 aromatic carbocycles. The lowest BCUT2D eigenvalue weighted by molar-refractivity contribution is 0.301. The van der Waals surface area contributed by atoms with E-state index in [0.717, 1.165) is 22.7 Å². The quantitative estimate of drug-likeness (QED) is 0.778. The molecule has 3 rings (SSSR count). The topological polar surface area (TPSA) is 80.2 Å². The van der Waals surface area contributed by atoms with E-state index in [1.807, 2.05) is 51.2 Å². The van der Waals surface area contributed by atoms with E-state index in [1.165, 1.54) is 0 Å². The van der Waals surface area contributed by atoms with Crippen molar-refractivity contribution in [1.29, 1.82) is 0 Å². The van der Waals surface area contributed by atoms with Crippen molar-refractivity contribution in [2.45, 2.75) is 26.9 Å². The van der Waals surface area contributed by atoms with E-state index in [4.69, 9.17) is 4.52 Å². The van der Waals surface area contributed by atoms with Crippen LogP contribution in [-0.2, 0) is 13.1 Å². The Hall–Kier alpha value is -2.67. The van der Waals surface area contributed by atoms with Crippen molar-refractivity contribution in [1.82, 2.24) is 25.1 Å². The second-order valence-electron chi connectivity index (χ2n) is 5.58. The second kappa shape index (κ2) is 6.21. The van der Waals surface area contributed by atoms with Gasteiger partial charge in [0.15, 0.2) is 0 Å². The second-order valence-corrected chi connectivity index (χ2v) is 5.58. The van der Waals surface area contributed by atoms with Crippen LogP contribution in [-0.4, -0.2) is 37.2 Å². The van der Waals surface area contributed by atoms with Gasteiger partial charge in [0.05, 0.1) is 11.4 Å². The molecule has 0 unspecified atom stereocenters. The van der Waals surface area contributed by atoms with Crippen LogP contribution in [0.5, 0.6) is 5.88 Å². The lowest BCUT2D eigenvalue weighted by atomic mass is 10.2. The van der Waals surface area contributed by atoms with Gasteiger partial charge in [-0.15, -0.1) is 0 Å². The number of aromatic hydroxyl groups is 1. The molecule has 2 heterocycles. The minimum absolute atomic E-state index is 0.0561. The summed E-state index contributed by atoms with van der Waals surface area (Å²) in [6, 6.07) is 9.62. The highest BCUT2D eigenvalue weighted by Gasteiger charge is 2.17. The number of para-hydroxylation sites is 1. The van der Waals surface area contributed by atoms with Crippen LogP contribution >= 0.6 is 0 Å². The molecule has 7 heteroatoms. The van der Waals surface area contributed by atoms with E-state index in [1.54, 1.807) is 4.68 Å². The number of hydrogen-bond acceptors (Lipinski definition) is 6. The molecule has 0 atom stereocenters. The first-order valence-corrected chi connectivity index (χ1v) is 7.35. The molecule has 0 amide bonds. The Morgan fingerprint density at radius 2 is 1.91 bits per heavy atom. The van der Waals surface area contributed by atoms with E-state index < -0.39 is 0 Å². The van der Waals surface area contributed by atoms with Crippen molar-refractivity contribution in [2.75, 3.05) is 7.05 Å².